The average molecular weight is 397 g/mol. The highest BCUT2D eigenvalue weighted by Gasteiger charge is 2.27. The molecule has 6 nitrogen and oxygen atoms in total. The third kappa shape index (κ3) is 4.08. The molecule has 1 atom stereocenters. The summed E-state index contributed by atoms with van der Waals surface area (Å²) in [5.41, 5.74) is 3.37. The number of pyridine rings is 1. The largest absolute Gasteiger partial charge is 0.368 e. The Labute approximate surface area is 168 Å². The van der Waals surface area contributed by atoms with Crippen molar-refractivity contribution in [2.24, 2.45) is 7.05 Å². The predicted octanol–water partition coefficient (Wildman–Crippen LogP) is 3.27. The first-order valence-corrected chi connectivity index (χ1v) is 9.57. The molecule has 1 aliphatic heterocycles. The number of rotatable bonds is 4. The van der Waals surface area contributed by atoms with Gasteiger partial charge in [-0.1, -0.05) is 35.9 Å². The Balaban J connectivity index is 1.49. The van der Waals surface area contributed by atoms with E-state index < -0.39 is 0 Å². The first-order valence-electron chi connectivity index (χ1n) is 9.19. The van der Waals surface area contributed by atoms with Crippen LogP contribution in [0.1, 0.15) is 33.4 Å². The number of aryl methyl sites for hydroxylation is 1. The molecule has 1 saturated heterocycles. The maximum Gasteiger partial charge on any atom is 0.257 e. The average Bonchev–Trinajstić information content (AvgIpc) is 3.16. The lowest BCUT2D eigenvalue weighted by molar-refractivity contribution is -0.0248. The molecule has 1 unspecified atom stereocenters. The van der Waals surface area contributed by atoms with E-state index in [1.165, 1.54) is 0 Å². The summed E-state index contributed by atoms with van der Waals surface area (Å²) in [4.78, 5) is 19.3. The first-order chi connectivity index (χ1) is 13.6. The van der Waals surface area contributed by atoms with Crippen LogP contribution in [0.15, 0.2) is 54.9 Å². The van der Waals surface area contributed by atoms with Crippen molar-refractivity contribution in [3.8, 4) is 0 Å². The van der Waals surface area contributed by atoms with Crippen molar-refractivity contribution in [3.63, 3.8) is 0 Å². The van der Waals surface area contributed by atoms with Crippen molar-refractivity contribution in [3.05, 3.63) is 82.4 Å². The van der Waals surface area contributed by atoms with Crippen LogP contribution in [0.25, 0.3) is 0 Å². The molecule has 4 rings (SSSR count). The van der Waals surface area contributed by atoms with E-state index in [9.17, 15) is 4.79 Å². The molecular weight excluding hydrogens is 376 g/mol. The van der Waals surface area contributed by atoms with Crippen molar-refractivity contribution in [2.75, 3.05) is 19.7 Å². The van der Waals surface area contributed by atoms with Crippen molar-refractivity contribution in [1.82, 2.24) is 19.7 Å². The van der Waals surface area contributed by atoms with Gasteiger partial charge in [0.1, 0.15) is 6.10 Å². The minimum Gasteiger partial charge on any atom is -0.368 e. The van der Waals surface area contributed by atoms with Crippen LogP contribution in [0.4, 0.5) is 0 Å². The van der Waals surface area contributed by atoms with Crippen molar-refractivity contribution >= 4 is 17.5 Å². The van der Waals surface area contributed by atoms with Gasteiger partial charge in [0.2, 0.25) is 0 Å². The molecule has 0 bridgehead atoms. The zero-order chi connectivity index (χ0) is 19.5. The summed E-state index contributed by atoms with van der Waals surface area (Å²) in [7, 11) is 1.80. The summed E-state index contributed by atoms with van der Waals surface area (Å²) in [6.07, 6.45) is 3.73. The van der Waals surface area contributed by atoms with E-state index in [0.29, 0.717) is 31.7 Å². The van der Waals surface area contributed by atoms with Crippen LogP contribution < -0.4 is 0 Å². The highest BCUT2D eigenvalue weighted by Crippen LogP contribution is 2.24. The second-order valence-corrected chi connectivity index (χ2v) is 7.24. The van der Waals surface area contributed by atoms with Gasteiger partial charge in [0.15, 0.2) is 0 Å². The molecule has 1 aromatic carbocycles. The zero-order valence-electron chi connectivity index (χ0n) is 15.6. The van der Waals surface area contributed by atoms with Crippen LogP contribution in [0.3, 0.4) is 0 Å². The molecule has 144 valence electrons. The van der Waals surface area contributed by atoms with Crippen LogP contribution in [-0.4, -0.2) is 45.3 Å². The fourth-order valence-electron chi connectivity index (χ4n) is 3.34. The number of halogens is 1. The molecule has 28 heavy (non-hydrogen) atoms. The molecule has 2 aromatic heterocycles. The lowest BCUT2D eigenvalue weighted by Crippen LogP contribution is -2.42. The number of hydrogen-bond acceptors (Lipinski definition) is 4. The summed E-state index contributed by atoms with van der Waals surface area (Å²) in [6, 6.07) is 13.7. The van der Waals surface area contributed by atoms with E-state index in [1.54, 1.807) is 29.0 Å². The Kier molecular flexibility index (Phi) is 5.41. The van der Waals surface area contributed by atoms with Gasteiger partial charge in [-0.15, -0.1) is 0 Å². The molecule has 0 N–H and O–H groups in total. The molecule has 0 spiro atoms. The Bertz CT molecular complexity index is 988. The van der Waals surface area contributed by atoms with Gasteiger partial charge >= 0.3 is 0 Å². The molecule has 0 radical (unpaired) electrons. The molecule has 0 aliphatic carbocycles. The Hall–Kier alpha value is -2.70. The SMILES string of the molecule is Cn1cc(C(=O)N2CCOC(c3cccc(Cc4ccccc4Cl)n3)C2)cn1. The second kappa shape index (κ2) is 8.12. The molecule has 1 aliphatic rings. The molecule has 3 aromatic rings. The fraction of sp³-hybridized carbons (Fsp3) is 0.286. The number of carbonyl (C=O) groups is 1. The molecule has 7 heteroatoms. The van der Waals surface area contributed by atoms with Gasteiger partial charge in [0.05, 0.1) is 30.6 Å². The quantitative estimate of drug-likeness (QED) is 0.679. The third-order valence-corrected chi connectivity index (χ3v) is 5.16. The minimum absolute atomic E-state index is 0.0337. The van der Waals surface area contributed by atoms with Gasteiger partial charge in [-0.25, -0.2) is 0 Å². The molecular formula is C21H21ClN4O2. The summed E-state index contributed by atoms with van der Waals surface area (Å²) in [5.74, 6) is -0.0337. The van der Waals surface area contributed by atoms with E-state index in [4.69, 9.17) is 21.3 Å². The van der Waals surface area contributed by atoms with Gasteiger partial charge in [0.25, 0.3) is 5.91 Å². The van der Waals surface area contributed by atoms with Crippen molar-refractivity contribution in [1.29, 1.82) is 0 Å². The highest BCUT2D eigenvalue weighted by molar-refractivity contribution is 6.31. The maximum absolute atomic E-state index is 12.7. The number of benzene rings is 1. The summed E-state index contributed by atoms with van der Waals surface area (Å²) in [6.45, 7) is 1.51. The number of hydrogen-bond donors (Lipinski definition) is 0. The van der Waals surface area contributed by atoms with Gasteiger partial charge < -0.3 is 9.64 Å². The van der Waals surface area contributed by atoms with Gasteiger partial charge in [-0.2, -0.15) is 5.10 Å². The summed E-state index contributed by atoms with van der Waals surface area (Å²) >= 11 is 6.27. The lowest BCUT2D eigenvalue weighted by Gasteiger charge is -2.32. The summed E-state index contributed by atoms with van der Waals surface area (Å²) in [5, 5.41) is 4.82. The lowest BCUT2D eigenvalue weighted by atomic mass is 10.1. The predicted molar refractivity (Wildman–Crippen MR) is 106 cm³/mol. The highest BCUT2D eigenvalue weighted by atomic mass is 35.5. The van der Waals surface area contributed by atoms with Crippen LogP contribution in [0.2, 0.25) is 5.02 Å². The monoisotopic (exact) mass is 396 g/mol. The number of carbonyl (C=O) groups excluding carboxylic acids is 1. The maximum atomic E-state index is 12.7. The Morgan fingerprint density at radius 1 is 1.25 bits per heavy atom. The van der Waals surface area contributed by atoms with Crippen molar-refractivity contribution in [2.45, 2.75) is 12.5 Å². The molecule has 3 heterocycles. The van der Waals surface area contributed by atoms with E-state index in [1.807, 2.05) is 42.5 Å². The molecule has 1 amide bonds. The second-order valence-electron chi connectivity index (χ2n) is 6.84. The smallest absolute Gasteiger partial charge is 0.257 e. The van der Waals surface area contributed by atoms with Crippen LogP contribution >= 0.6 is 11.6 Å². The number of morpholine rings is 1. The van der Waals surface area contributed by atoms with Gasteiger partial charge in [-0.3, -0.25) is 14.5 Å². The number of aromatic nitrogens is 3. The topological polar surface area (TPSA) is 60.2 Å². The van der Waals surface area contributed by atoms with E-state index in [0.717, 1.165) is 22.0 Å². The Morgan fingerprint density at radius 2 is 2.11 bits per heavy atom. The molecule has 0 saturated carbocycles. The van der Waals surface area contributed by atoms with E-state index in [2.05, 4.69) is 5.10 Å². The zero-order valence-corrected chi connectivity index (χ0v) is 16.3. The number of amides is 1. The number of ether oxygens (including phenoxy) is 1. The normalized spacial score (nSPS) is 16.9. The van der Waals surface area contributed by atoms with Crippen LogP contribution in [-0.2, 0) is 18.2 Å². The summed E-state index contributed by atoms with van der Waals surface area (Å²) < 4.78 is 7.54. The van der Waals surface area contributed by atoms with Gasteiger partial charge in [-0.05, 0) is 23.8 Å². The fourth-order valence-corrected chi connectivity index (χ4v) is 3.54. The van der Waals surface area contributed by atoms with E-state index in [-0.39, 0.29) is 12.0 Å². The third-order valence-electron chi connectivity index (χ3n) is 4.79. The van der Waals surface area contributed by atoms with Crippen molar-refractivity contribution < 1.29 is 9.53 Å². The molecule has 1 fully saturated rings. The minimum atomic E-state index is -0.249. The van der Waals surface area contributed by atoms with Crippen LogP contribution in [0.5, 0.6) is 0 Å². The van der Waals surface area contributed by atoms with Crippen LogP contribution in [0, 0.1) is 0 Å². The Morgan fingerprint density at radius 3 is 2.89 bits per heavy atom. The first kappa shape index (κ1) is 18.7. The number of nitrogens with zero attached hydrogens (tertiary/aromatic N) is 4. The van der Waals surface area contributed by atoms with E-state index >= 15 is 0 Å². The van der Waals surface area contributed by atoms with Gasteiger partial charge in [0, 0.05) is 36.9 Å². The standard InChI is InChI=1S/C21H21ClN4O2/c1-25-13-16(12-23-25)21(27)26-9-10-28-20(14-26)19-8-4-6-17(24-19)11-15-5-2-3-7-18(15)22/h2-8,12-13,20H,9-11,14H2,1H3.